The number of anilines is 1. The molecule has 0 aliphatic heterocycles. The lowest BCUT2D eigenvalue weighted by atomic mass is 10.1. The van der Waals surface area contributed by atoms with E-state index >= 15 is 0 Å². The van der Waals surface area contributed by atoms with Gasteiger partial charge in [-0.2, -0.15) is 0 Å². The monoisotopic (exact) mass is 263 g/mol. The molecule has 0 fully saturated rings. The Morgan fingerprint density at radius 1 is 1.26 bits per heavy atom. The largest absolute Gasteiger partial charge is 0.355 e. The smallest absolute Gasteiger partial charge is 0.203 e. The third-order valence-electron chi connectivity index (χ3n) is 2.66. The maximum Gasteiger partial charge on any atom is 0.203 e. The molecule has 0 saturated carbocycles. The highest BCUT2D eigenvalue weighted by molar-refractivity contribution is 5.27. The molecule has 2 rings (SSSR count). The van der Waals surface area contributed by atoms with Crippen molar-refractivity contribution in [2.24, 2.45) is 0 Å². The highest BCUT2D eigenvalue weighted by Crippen LogP contribution is 2.09. The van der Waals surface area contributed by atoms with E-state index in [-0.39, 0.29) is 0 Å². The Balaban J connectivity index is 1.92. The van der Waals surface area contributed by atoms with E-state index in [1.54, 1.807) is 12.3 Å². The molecule has 0 radical (unpaired) electrons. The highest BCUT2D eigenvalue weighted by atomic mass is 19.1. The second-order valence-electron chi connectivity index (χ2n) is 4.15. The first-order chi connectivity index (χ1) is 9.19. The first-order valence-corrected chi connectivity index (χ1v) is 6.00. The zero-order valence-electron chi connectivity index (χ0n) is 10.4. The Bertz CT molecular complexity index is 543. The van der Waals surface area contributed by atoms with E-state index in [2.05, 4.69) is 16.9 Å². The average molecular weight is 263 g/mol. The van der Waals surface area contributed by atoms with Gasteiger partial charge in [-0.3, -0.25) is 0 Å². The molecule has 0 amide bonds. The molecule has 1 N–H and O–H groups in total. The SMILES string of the molecule is C=CCn1ccnc1NCCc1cc(F)cc(F)c1. The second kappa shape index (κ2) is 6.13. The maximum atomic E-state index is 13.0. The van der Waals surface area contributed by atoms with Gasteiger partial charge in [-0.05, 0) is 24.1 Å². The van der Waals surface area contributed by atoms with Gasteiger partial charge >= 0.3 is 0 Å². The topological polar surface area (TPSA) is 29.9 Å². The molecule has 1 heterocycles. The Hall–Kier alpha value is -2.17. The van der Waals surface area contributed by atoms with Crippen LogP contribution >= 0.6 is 0 Å². The summed E-state index contributed by atoms with van der Waals surface area (Å²) in [5.41, 5.74) is 0.617. The van der Waals surface area contributed by atoms with Crippen LogP contribution in [0.3, 0.4) is 0 Å². The molecular weight excluding hydrogens is 248 g/mol. The van der Waals surface area contributed by atoms with Gasteiger partial charge in [0.25, 0.3) is 0 Å². The van der Waals surface area contributed by atoms with Crippen LogP contribution in [0.4, 0.5) is 14.7 Å². The van der Waals surface area contributed by atoms with Crippen LogP contribution in [0.5, 0.6) is 0 Å². The average Bonchev–Trinajstić information content (AvgIpc) is 2.76. The fraction of sp³-hybridized carbons (Fsp3) is 0.214. The van der Waals surface area contributed by atoms with Gasteiger partial charge in [0.2, 0.25) is 5.95 Å². The summed E-state index contributed by atoms with van der Waals surface area (Å²) in [6.45, 7) is 4.88. The fourth-order valence-electron chi connectivity index (χ4n) is 1.84. The van der Waals surface area contributed by atoms with Crippen LogP contribution in [0.2, 0.25) is 0 Å². The van der Waals surface area contributed by atoms with Gasteiger partial charge in [0, 0.05) is 31.5 Å². The normalized spacial score (nSPS) is 10.4. The lowest BCUT2D eigenvalue weighted by molar-refractivity contribution is 0.580. The minimum absolute atomic E-state index is 0.523. The molecular formula is C14H15F2N3. The molecule has 2 aromatic rings. The minimum atomic E-state index is -0.553. The van der Waals surface area contributed by atoms with E-state index in [0.717, 1.165) is 12.0 Å². The van der Waals surface area contributed by atoms with Crippen molar-refractivity contribution in [3.8, 4) is 0 Å². The fourth-order valence-corrected chi connectivity index (χ4v) is 1.84. The lowest BCUT2D eigenvalue weighted by Gasteiger charge is -2.08. The summed E-state index contributed by atoms with van der Waals surface area (Å²) >= 11 is 0. The summed E-state index contributed by atoms with van der Waals surface area (Å²) in [7, 11) is 0. The number of allylic oxidation sites excluding steroid dienone is 1. The Morgan fingerprint density at radius 2 is 2.00 bits per heavy atom. The molecule has 0 spiro atoms. The molecule has 19 heavy (non-hydrogen) atoms. The number of benzene rings is 1. The number of hydrogen-bond acceptors (Lipinski definition) is 2. The molecule has 100 valence electrons. The number of hydrogen-bond donors (Lipinski definition) is 1. The zero-order valence-corrected chi connectivity index (χ0v) is 10.4. The standard InChI is InChI=1S/C14H15F2N3/c1-2-6-19-7-5-18-14(19)17-4-3-11-8-12(15)10-13(16)9-11/h2,5,7-10H,1,3-4,6H2,(H,17,18). The summed E-state index contributed by atoms with van der Waals surface area (Å²) in [6.07, 6.45) is 5.82. The molecule has 0 saturated heterocycles. The molecule has 0 bridgehead atoms. The first-order valence-electron chi connectivity index (χ1n) is 6.00. The van der Waals surface area contributed by atoms with Gasteiger partial charge in [0.05, 0.1) is 0 Å². The minimum Gasteiger partial charge on any atom is -0.355 e. The van der Waals surface area contributed by atoms with Crippen molar-refractivity contribution in [1.29, 1.82) is 0 Å². The summed E-state index contributed by atoms with van der Waals surface area (Å²) in [5, 5.41) is 3.12. The third-order valence-corrected chi connectivity index (χ3v) is 2.66. The quantitative estimate of drug-likeness (QED) is 0.812. The van der Waals surface area contributed by atoms with E-state index in [1.165, 1.54) is 12.1 Å². The van der Waals surface area contributed by atoms with E-state index in [9.17, 15) is 8.78 Å². The number of imidazole rings is 1. The zero-order chi connectivity index (χ0) is 13.7. The van der Waals surface area contributed by atoms with Crippen LogP contribution < -0.4 is 5.32 Å². The van der Waals surface area contributed by atoms with Crippen molar-refractivity contribution in [3.63, 3.8) is 0 Å². The van der Waals surface area contributed by atoms with Crippen molar-refractivity contribution in [2.75, 3.05) is 11.9 Å². The van der Waals surface area contributed by atoms with Crippen LogP contribution in [0.15, 0.2) is 43.2 Å². The summed E-state index contributed by atoms with van der Waals surface area (Å²) in [4.78, 5) is 4.16. The molecule has 0 atom stereocenters. The van der Waals surface area contributed by atoms with Crippen LogP contribution in [-0.2, 0) is 13.0 Å². The molecule has 1 aromatic heterocycles. The second-order valence-corrected chi connectivity index (χ2v) is 4.15. The number of nitrogens with one attached hydrogen (secondary N) is 1. The molecule has 0 aliphatic carbocycles. The van der Waals surface area contributed by atoms with Crippen LogP contribution in [0, 0.1) is 11.6 Å². The Labute approximate surface area is 110 Å². The Kier molecular flexibility index (Phi) is 4.28. The van der Waals surface area contributed by atoms with E-state index < -0.39 is 11.6 Å². The predicted octanol–water partition coefficient (Wildman–Crippen LogP) is 3.00. The molecule has 3 nitrogen and oxygen atoms in total. The number of halogens is 2. The van der Waals surface area contributed by atoms with Gasteiger partial charge in [0.15, 0.2) is 0 Å². The van der Waals surface area contributed by atoms with Gasteiger partial charge in [-0.15, -0.1) is 6.58 Å². The summed E-state index contributed by atoms with van der Waals surface area (Å²) < 4.78 is 27.9. The van der Waals surface area contributed by atoms with Crippen LogP contribution in [0.25, 0.3) is 0 Å². The van der Waals surface area contributed by atoms with Crippen LogP contribution in [0.1, 0.15) is 5.56 Å². The lowest BCUT2D eigenvalue weighted by Crippen LogP contribution is -2.10. The first kappa shape index (κ1) is 13.3. The van der Waals surface area contributed by atoms with Crippen molar-refractivity contribution >= 4 is 5.95 Å². The molecule has 5 heteroatoms. The van der Waals surface area contributed by atoms with Gasteiger partial charge in [0.1, 0.15) is 11.6 Å². The number of rotatable bonds is 6. The third kappa shape index (κ3) is 3.64. The molecule has 0 unspecified atom stereocenters. The van der Waals surface area contributed by atoms with Crippen molar-refractivity contribution in [2.45, 2.75) is 13.0 Å². The van der Waals surface area contributed by atoms with Crippen molar-refractivity contribution in [1.82, 2.24) is 9.55 Å². The highest BCUT2D eigenvalue weighted by Gasteiger charge is 2.03. The molecule has 1 aromatic carbocycles. The van der Waals surface area contributed by atoms with Crippen LogP contribution in [-0.4, -0.2) is 16.1 Å². The molecule has 0 aliphatic rings. The summed E-state index contributed by atoms with van der Waals surface area (Å²) in [6, 6.07) is 3.54. The van der Waals surface area contributed by atoms with Gasteiger partial charge < -0.3 is 9.88 Å². The van der Waals surface area contributed by atoms with Crippen molar-refractivity contribution in [3.05, 3.63) is 60.4 Å². The van der Waals surface area contributed by atoms with Gasteiger partial charge in [-0.1, -0.05) is 6.08 Å². The van der Waals surface area contributed by atoms with E-state index in [1.807, 2.05) is 10.8 Å². The van der Waals surface area contributed by atoms with Crippen molar-refractivity contribution < 1.29 is 8.78 Å². The van der Waals surface area contributed by atoms with E-state index in [4.69, 9.17) is 0 Å². The summed E-state index contributed by atoms with van der Waals surface area (Å²) in [5.74, 6) is -0.386. The number of aromatic nitrogens is 2. The predicted molar refractivity (Wildman–Crippen MR) is 71.0 cm³/mol. The number of nitrogens with zero attached hydrogens (tertiary/aromatic N) is 2. The maximum absolute atomic E-state index is 13.0. The van der Waals surface area contributed by atoms with E-state index in [0.29, 0.717) is 25.1 Å². The van der Waals surface area contributed by atoms with Gasteiger partial charge in [-0.25, -0.2) is 13.8 Å². The Morgan fingerprint density at radius 3 is 2.68 bits per heavy atom.